The summed E-state index contributed by atoms with van der Waals surface area (Å²) in [6.07, 6.45) is 4.51. The van der Waals surface area contributed by atoms with Gasteiger partial charge in [0.05, 0.1) is 6.54 Å². The number of nitrogens with zero attached hydrogens (tertiary/aromatic N) is 2. The summed E-state index contributed by atoms with van der Waals surface area (Å²) in [5.41, 5.74) is 2.59. The number of aryl methyl sites for hydroxylation is 1. The number of carbonyl (C=O) groups is 3. The van der Waals surface area contributed by atoms with Crippen molar-refractivity contribution in [2.45, 2.75) is 51.5 Å². The van der Waals surface area contributed by atoms with Gasteiger partial charge in [-0.25, -0.2) is 4.79 Å². The average molecular weight is 386 g/mol. The van der Waals surface area contributed by atoms with E-state index in [4.69, 9.17) is 0 Å². The first-order valence-corrected chi connectivity index (χ1v) is 10.1. The Hall–Kier alpha value is -2.41. The number of hydrazine groups is 1. The third-order valence-corrected chi connectivity index (χ3v) is 5.80. The van der Waals surface area contributed by atoms with Gasteiger partial charge in [-0.3, -0.25) is 19.9 Å². The first-order chi connectivity index (χ1) is 13.4. The van der Waals surface area contributed by atoms with E-state index in [9.17, 15) is 14.4 Å². The van der Waals surface area contributed by atoms with E-state index in [1.807, 2.05) is 30.3 Å². The van der Waals surface area contributed by atoms with Gasteiger partial charge in [0.1, 0.15) is 5.54 Å². The Morgan fingerprint density at radius 1 is 1.29 bits per heavy atom. The molecule has 2 aliphatic heterocycles. The van der Waals surface area contributed by atoms with Crippen LogP contribution in [0.2, 0.25) is 0 Å². The summed E-state index contributed by atoms with van der Waals surface area (Å²) in [6, 6.07) is 9.25. The number of piperidine rings is 1. The van der Waals surface area contributed by atoms with Gasteiger partial charge in [0.2, 0.25) is 0 Å². The fourth-order valence-electron chi connectivity index (χ4n) is 3.99. The van der Waals surface area contributed by atoms with Gasteiger partial charge in [-0.05, 0) is 50.6 Å². The maximum atomic E-state index is 12.8. The number of carbonyl (C=O) groups excluding carboxylic acids is 3. The van der Waals surface area contributed by atoms with Crippen LogP contribution in [0.3, 0.4) is 0 Å². The molecule has 1 aromatic rings. The van der Waals surface area contributed by atoms with E-state index in [0.717, 1.165) is 36.5 Å². The highest BCUT2D eigenvalue weighted by molar-refractivity contribution is 6.07. The van der Waals surface area contributed by atoms with Crippen LogP contribution in [0.5, 0.6) is 0 Å². The molecule has 2 aliphatic rings. The number of rotatable bonds is 7. The highest BCUT2D eigenvalue weighted by Crippen LogP contribution is 2.22. The molecular weight excluding hydrogens is 356 g/mol. The molecular formula is C21H30N4O3. The highest BCUT2D eigenvalue weighted by atomic mass is 16.2. The molecule has 3 rings (SSSR count). The van der Waals surface area contributed by atoms with E-state index >= 15 is 0 Å². The normalized spacial score (nSPS) is 25.6. The van der Waals surface area contributed by atoms with Crippen molar-refractivity contribution in [3.63, 3.8) is 0 Å². The summed E-state index contributed by atoms with van der Waals surface area (Å²) in [6.45, 7) is 5.84. The monoisotopic (exact) mass is 386 g/mol. The van der Waals surface area contributed by atoms with Crippen LogP contribution in [0.4, 0.5) is 4.79 Å². The van der Waals surface area contributed by atoms with E-state index in [1.165, 1.54) is 6.42 Å². The molecule has 28 heavy (non-hydrogen) atoms. The lowest BCUT2D eigenvalue weighted by Gasteiger charge is -2.31. The second kappa shape index (κ2) is 8.73. The van der Waals surface area contributed by atoms with Gasteiger partial charge in [0.15, 0.2) is 0 Å². The Balaban J connectivity index is 1.54. The van der Waals surface area contributed by atoms with Crippen LogP contribution < -0.4 is 10.7 Å². The lowest BCUT2D eigenvalue weighted by atomic mass is 9.93. The number of benzene rings is 1. The van der Waals surface area contributed by atoms with Crippen LogP contribution in [0.15, 0.2) is 30.3 Å². The Morgan fingerprint density at radius 3 is 2.75 bits per heavy atom. The summed E-state index contributed by atoms with van der Waals surface area (Å²) in [7, 11) is 0. The molecule has 7 heteroatoms. The largest absolute Gasteiger partial charge is 0.344 e. The SMILES string of the molecule is CCC1CCCN(CC(=O)NN2C(=O)NC(C)(CCc3ccccc3)C2=O)C1. The predicted molar refractivity (Wildman–Crippen MR) is 106 cm³/mol. The molecule has 4 amide bonds. The molecule has 2 atom stereocenters. The van der Waals surface area contributed by atoms with Crippen LogP contribution >= 0.6 is 0 Å². The quantitative estimate of drug-likeness (QED) is 0.703. The van der Waals surface area contributed by atoms with Crippen molar-refractivity contribution >= 4 is 17.8 Å². The molecule has 0 bridgehead atoms. The van der Waals surface area contributed by atoms with Gasteiger partial charge in [-0.1, -0.05) is 43.7 Å². The van der Waals surface area contributed by atoms with Gasteiger partial charge in [0, 0.05) is 6.54 Å². The summed E-state index contributed by atoms with van der Waals surface area (Å²) < 4.78 is 0. The molecule has 152 valence electrons. The Labute approximate surface area is 166 Å². The van der Waals surface area contributed by atoms with E-state index in [1.54, 1.807) is 6.92 Å². The Bertz CT molecular complexity index is 724. The molecule has 0 spiro atoms. The van der Waals surface area contributed by atoms with Crippen molar-refractivity contribution in [1.29, 1.82) is 0 Å². The first-order valence-electron chi connectivity index (χ1n) is 10.1. The van der Waals surface area contributed by atoms with Crippen molar-refractivity contribution in [1.82, 2.24) is 20.7 Å². The van der Waals surface area contributed by atoms with E-state index < -0.39 is 17.5 Å². The third kappa shape index (κ3) is 4.70. The lowest BCUT2D eigenvalue weighted by Crippen LogP contribution is -2.52. The smallest absolute Gasteiger partial charge is 0.322 e. The standard InChI is InChI=1S/C21H30N4O3/c1-3-16-10-7-13-24(14-16)15-18(26)23-25-19(27)21(2,22-20(25)28)12-11-17-8-5-4-6-9-17/h4-6,8-9,16H,3,7,10-15H2,1-2H3,(H,22,28)(H,23,26). The molecule has 1 aromatic carbocycles. The third-order valence-electron chi connectivity index (χ3n) is 5.80. The number of amides is 4. The number of nitrogens with one attached hydrogen (secondary N) is 2. The summed E-state index contributed by atoms with van der Waals surface area (Å²) in [5, 5.41) is 3.58. The minimum Gasteiger partial charge on any atom is -0.322 e. The van der Waals surface area contributed by atoms with Gasteiger partial charge in [0.25, 0.3) is 11.8 Å². The number of hydrogen-bond donors (Lipinski definition) is 2. The first kappa shape index (κ1) is 20.3. The predicted octanol–water partition coefficient (Wildman–Crippen LogP) is 2.08. The zero-order valence-electron chi connectivity index (χ0n) is 16.7. The van der Waals surface area contributed by atoms with Crippen molar-refractivity contribution in [2.24, 2.45) is 5.92 Å². The highest BCUT2D eigenvalue weighted by Gasteiger charge is 2.48. The minimum atomic E-state index is -1.02. The molecule has 2 N–H and O–H groups in total. The van der Waals surface area contributed by atoms with Gasteiger partial charge >= 0.3 is 6.03 Å². The summed E-state index contributed by atoms with van der Waals surface area (Å²) >= 11 is 0. The summed E-state index contributed by atoms with van der Waals surface area (Å²) in [4.78, 5) is 39.6. The molecule has 7 nitrogen and oxygen atoms in total. The molecule has 0 radical (unpaired) electrons. The fourth-order valence-corrected chi connectivity index (χ4v) is 3.99. The van der Waals surface area contributed by atoms with Crippen molar-refractivity contribution < 1.29 is 14.4 Å². The van der Waals surface area contributed by atoms with Crippen molar-refractivity contribution in [2.75, 3.05) is 19.6 Å². The Morgan fingerprint density at radius 2 is 2.04 bits per heavy atom. The van der Waals surface area contributed by atoms with Crippen molar-refractivity contribution in [3.8, 4) is 0 Å². The maximum Gasteiger partial charge on any atom is 0.344 e. The second-order valence-corrected chi connectivity index (χ2v) is 8.08. The number of urea groups is 1. The molecule has 0 saturated carbocycles. The van der Waals surface area contributed by atoms with Crippen LogP contribution in [0.1, 0.15) is 45.1 Å². The van der Waals surface area contributed by atoms with Crippen molar-refractivity contribution in [3.05, 3.63) is 35.9 Å². The van der Waals surface area contributed by atoms with E-state index in [0.29, 0.717) is 18.8 Å². The zero-order chi connectivity index (χ0) is 20.1. The fraction of sp³-hybridized carbons (Fsp3) is 0.571. The van der Waals surface area contributed by atoms with Gasteiger partial charge < -0.3 is 5.32 Å². The number of imide groups is 1. The van der Waals surface area contributed by atoms with E-state index in [2.05, 4.69) is 22.6 Å². The number of hydrogen-bond acceptors (Lipinski definition) is 4. The van der Waals surface area contributed by atoms with Crippen LogP contribution in [-0.2, 0) is 16.0 Å². The van der Waals surface area contributed by atoms with E-state index in [-0.39, 0.29) is 12.5 Å². The molecule has 2 unspecified atom stereocenters. The molecule has 2 fully saturated rings. The molecule has 0 aliphatic carbocycles. The zero-order valence-corrected chi connectivity index (χ0v) is 16.7. The molecule has 2 saturated heterocycles. The maximum absolute atomic E-state index is 12.8. The van der Waals surface area contributed by atoms with Crippen LogP contribution in [0.25, 0.3) is 0 Å². The van der Waals surface area contributed by atoms with Crippen LogP contribution in [-0.4, -0.2) is 52.9 Å². The van der Waals surface area contributed by atoms with Gasteiger partial charge in [-0.15, -0.1) is 0 Å². The lowest BCUT2D eigenvalue weighted by molar-refractivity contribution is -0.139. The van der Waals surface area contributed by atoms with Gasteiger partial charge in [-0.2, -0.15) is 5.01 Å². The second-order valence-electron chi connectivity index (χ2n) is 8.08. The molecule has 2 heterocycles. The minimum absolute atomic E-state index is 0.203. The molecule has 0 aromatic heterocycles. The Kier molecular flexibility index (Phi) is 6.34. The topological polar surface area (TPSA) is 81.8 Å². The number of likely N-dealkylation sites (tertiary alicyclic amines) is 1. The average Bonchev–Trinajstić information content (AvgIpc) is 2.91. The van der Waals surface area contributed by atoms with Crippen LogP contribution in [0, 0.1) is 5.92 Å². The summed E-state index contributed by atoms with van der Waals surface area (Å²) in [5.74, 6) is -0.126.